The molecule has 0 amide bonds. The van der Waals surface area contributed by atoms with Crippen LogP contribution in [0.4, 0.5) is 0 Å². The molecule has 0 aliphatic carbocycles. The third-order valence-corrected chi connectivity index (χ3v) is 11.1. The number of hydrogen-bond donors (Lipinski definition) is 2. The number of aromatic amines is 2. The fraction of sp³-hybridized carbons (Fsp3) is 0.208. The molecule has 310 valence electrons. The molecule has 61 heavy (non-hydrogen) atoms. The molecule has 0 aliphatic heterocycles. The van der Waals surface area contributed by atoms with Gasteiger partial charge in [-0.05, 0) is 91.8 Å². The number of methoxy groups -OCH3 is 4. The van der Waals surface area contributed by atoms with Crippen LogP contribution >= 0.6 is 0 Å². The van der Waals surface area contributed by atoms with Crippen LogP contribution in [0, 0.1) is 0 Å². The second kappa shape index (κ2) is 19.3. The van der Waals surface area contributed by atoms with Crippen LogP contribution in [0.2, 0.25) is 0 Å². The molecule has 0 saturated carbocycles. The Kier molecular flexibility index (Phi) is 13.3. The van der Waals surface area contributed by atoms with Crippen LogP contribution in [0.3, 0.4) is 0 Å². The highest BCUT2D eigenvalue weighted by atomic mass is 16.5. The van der Waals surface area contributed by atoms with Crippen LogP contribution in [-0.2, 0) is 12.8 Å². The zero-order valence-electron chi connectivity index (χ0n) is 36.2. The van der Waals surface area contributed by atoms with E-state index in [0.717, 1.165) is 99.1 Å². The zero-order valence-corrected chi connectivity index (χ0v) is 36.2. The van der Waals surface area contributed by atoms with Crippen molar-refractivity contribution >= 4 is 5.57 Å². The first kappa shape index (κ1) is 42.1. The fourth-order valence-corrected chi connectivity index (χ4v) is 7.74. The van der Waals surface area contributed by atoms with Gasteiger partial charge in [-0.2, -0.15) is 0 Å². The van der Waals surface area contributed by atoms with Crippen LogP contribution in [0.25, 0.3) is 62.0 Å². The first-order valence-electron chi connectivity index (χ1n) is 20.7. The monoisotopic (exact) mass is 810 g/mol. The predicted octanol–water partition coefficient (Wildman–Crippen LogP) is 13.0. The Hall–Kier alpha value is -7.06. The molecular formula is C53H54N4O4. The number of nitrogens with one attached hydrogen (secondary N) is 2. The van der Waals surface area contributed by atoms with E-state index in [0.29, 0.717) is 23.0 Å². The van der Waals surface area contributed by atoms with Crippen molar-refractivity contribution in [3.63, 3.8) is 0 Å². The summed E-state index contributed by atoms with van der Waals surface area (Å²) < 4.78 is 22.5. The van der Waals surface area contributed by atoms with Crippen molar-refractivity contribution in [1.29, 1.82) is 0 Å². The van der Waals surface area contributed by atoms with Crippen LogP contribution in [0.5, 0.6) is 23.0 Å². The number of hydrogen-bond acceptors (Lipinski definition) is 6. The number of H-pyrrole nitrogens is 2. The maximum Gasteiger partial charge on any atom is 0.161 e. The van der Waals surface area contributed by atoms with Gasteiger partial charge >= 0.3 is 0 Å². The third kappa shape index (κ3) is 9.09. The lowest BCUT2D eigenvalue weighted by molar-refractivity contribution is 0.355. The van der Waals surface area contributed by atoms with Crippen molar-refractivity contribution in [3.05, 3.63) is 162 Å². The van der Waals surface area contributed by atoms with Crippen molar-refractivity contribution in [2.24, 2.45) is 0 Å². The Morgan fingerprint density at radius 1 is 0.623 bits per heavy atom. The minimum Gasteiger partial charge on any atom is -0.493 e. The van der Waals surface area contributed by atoms with Crippen LogP contribution in [-0.4, -0.2) is 48.4 Å². The predicted molar refractivity (Wildman–Crippen MR) is 249 cm³/mol. The number of aryl methyl sites for hydroxylation is 2. The minimum atomic E-state index is 0.625. The second-order valence-electron chi connectivity index (χ2n) is 14.8. The Bertz CT molecular complexity index is 2560. The molecule has 7 aromatic rings. The van der Waals surface area contributed by atoms with Crippen molar-refractivity contribution in [3.8, 4) is 79.4 Å². The topological polar surface area (TPSA) is 94.3 Å². The summed E-state index contributed by atoms with van der Waals surface area (Å²) >= 11 is 0. The van der Waals surface area contributed by atoms with Gasteiger partial charge in [0.05, 0.1) is 51.2 Å². The second-order valence-corrected chi connectivity index (χ2v) is 14.8. The molecule has 0 spiro atoms. The maximum atomic E-state index is 5.71. The fourth-order valence-electron chi connectivity index (χ4n) is 7.74. The number of nitrogens with zero attached hydrogens (tertiary/aromatic N) is 2. The molecule has 0 aliphatic rings. The number of imidazole rings is 2. The molecule has 2 heterocycles. The summed E-state index contributed by atoms with van der Waals surface area (Å²) in [5.41, 5.74) is 14.4. The van der Waals surface area contributed by atoms with Crippen molar-refractivity contribution in [1.82, 2.24) is 19.9 Å². The molecule has 7 rings (SSSR count). The smallest absolute Gasteiger partial charge is 0.161 e. The van der Waals surface area contributed by atoms with Crippen LogP contribution in [0.1, 0.15) is 50.6 Å². The summed E-state index contributed by atoms with van der Waals surface area (Å²) in [7, 11) is 6.56. The molecule has 0 saturated heterocycles. The van der Waals surface area contributed by atoms with Gasteiger partial charge in [0, 0.05) is 33.4 Å². The molecular weight excluding hydrogens is 757 g/mol. The highest BCUT2D eigenvalue weighted by Crippen LogP contribution is 2.41. The van der Waals surface area contributed by atoms with Crippen molar-refractivity contribution < 1.29 is 18.9 Å². The number of rotatable bonds is 17. The lowest BCUT2D eigenvalue weighted by Gasteiger charge is -2.11. The summed E-state index contributed by atoms with van der Waals surface area (Å²) in [6.07, 6.45) is 7.61. The van der Waals surface area contributed by atoms with E-state index in [1.807, 2.05) is 54.6 Å². The largest absolute Gasteiger partial charge is 0.493 e. The van der Waals surface area contributed by atoms with E-state index < -0.39 is 0 Å². The summed E-state index contributed by atoms with van der Waals surface area (Å²) in [5, 5.41) is 0. The van der Waals surface area contributed by atoms with Gasteiger partial charge in [-0.1, -0.05) is 111 Å². The van der Waals surface area contributed by atoms with Crippen LogP contribution < -0.4 is 18.9 Å². The quantitative estimate of drug-likeness (QED) is 0.0890. The Morgan fingerprint density at radius 3 is 1.82 bits per heavy atom. The lowest BCUT2D eigenvalue weighted by atomic mass is 9.96. The minimum absolute atomic E-state index is 0.625. The van der Waals surface area contributed by atoms with Crippen molar-refractivity contribution in [2.45, 2.75) is 46.5 Å². The van der Waals surface area contributed by atoms with Gasteiger partial charge in [0.15, 0.2) is 23.0 Å². The van der Waals surface area contributed by atoms with Gasteiger partial charge in [0.2, 0.25) is 0 Å². The SMILES string of the molecule is C=C/C(CC)=C(\C=C(/C)CCc1ccc(CC)c(-c2nc(-c3ccc(OC)c(OC)c3)c(-c3ccc(OC)c(OC)c3)[nH]2)c1)c1nc(-c2ccccc2)c(-c2ccccc2)[nH]1. The lowest BCUT2D eigenvalue weighted by Crippen LogP contribution is -1.95. The third-order valence-electron chi connectivity index (χ3n) is 11.1. The maximum absolute atomic E-state index is 5.71. The molecule has 5 aromatic carbocycles. The number of ether oxygens (including phenoxy) is 4. The first-order valence-corrected chi connectivity index (χ1v) is 20.7. The molecule has 0 radical (unpaired) electrons. The van der Waals surface area contributed by atoms with Gasteiger partial charge in [-0.15, -0.1) is 0 Å². The van der Waals surface area contributed by atoms with Gasteiger partial charge in [-0.25, -0.2) is 9.97 Å². The zero-order chi connectivity index (χ0) is 42.9. The Morgan fingerprint density at radius 2 is 1.21 bits per heavy atom. The molecule has 0 bridgehead atoms. The van der Waals surface area contributed by atoms with E-state index in [-0.39, 0.29) is 0 Å². The number of allylic oxidation sites excluding steroid dienone is 5. The molecule has 0 atom stereocenters. The molecule has 2 N–H and O–H groups in total. The summed E-state index contributed by atoms with van der Waals surface area (Å²) in [4.78, 5) is 18.0. The number of benzene rings is 5. The van der Waals surface area contributed by atoms with Gasteiger partial charge in [0.1, 0.15) is 11.6 Å². The Labute approximate surface area is 359 Å². The van der Waals surface area contributed by atoms with Crippen molar-refractivity contribution in [2.75, 3.05) is 28.4 Å². The molecule has 8 nitrogen and oxygen atoms in total. The highest BCUT2D eigenvalue weighted by molar-refractivity contribution is 5.85. The van der Waals surface area contributed by atoms with Gasteiger partial charge in [0.25, 0.3) is 0 Å². The molecule has 0 unspecified atom stereocenters. The average molecular weight is 811 g/mol. The average Bonchev–Trinajstić information content (AvgIpc) is 3.97. The van der Waals surface area contributed by atoms with E-state index in [9.17, 15) is 0 Å². The molecule has 2 aromatic heterocycles. The normalized spacial score (nSPS) is 11.9. The van der Waals surface area contributed by atoms with E-state index >= 15 is 0 Å². The Balaban J connectivity index is 1.24. The van der Waals surface area contributed by atoms with E-state index in [2.05, 4.69) is 110 Å². The summed E-state index contributed by atoms with van der Waals surface area (Å²) in [6, 6.07) is 39.3. The molecule has 8 heteroatoms. The van der Waals surface area contributed by atoms with E-state index in [4.69, 9.17) is 28.9 Å². The summed E-state index contributed by atoms with van der Waals surface area (Å²) in [6.45, 7) is 10.7. The van der Waals surface area contributed by atoms with Gasteiger partial charge in [-0.3, -0.25) is 0 Å². The first-order chi connectivity index (χ1) is 29.8. The number of aromatic nitrogens is 4. The standard InChI is InChI=1S/C53H54N4O4/c1-9-36(10-2)42(52-54-48(38-18-14-12-15-19-38)49(55-52)39-20-16-13-17-21-39)30-34(4)22-23-35-24-25-37(11-3)43(31-35)53-56-50(40-26-28-44(58-5)46(32-40)60-7)51(57-53)41-27-29-45(59-6)47(33-41)61-8/h9,12-21,24-33H,1,10-11,22-23H2,2-8H3,(H,54,55)(H,56,57)/b34-30+,42-36-. The van der Waals surface area contributed by atoms with E-state index in [1.165, 1.54) is 16.7 Å². The highest BCUT2D eigenvalue weighted by Gasteiger charge is 2.21. The van der Waals surface area contributed by atoms with Gasteiger partial charge < -0.3 is 28.9 Å². The summed E-state index contributed by atoms with van der Waals surface area (Å²) in [5.74, 6) is 4.17. The van der Waals surface area contributed by atoms with E-state index in [1.54, 1.807) is 28.4 Å². The van der Waals surface area contributed by atoms with Crippen LogP contribution in [0.15, 0.2) is 145 Å². The molecule has 0 fully saturated rings.